The molecule has 0 bridgehead atoms. The number of aryl methyl sites for hydroxylation is 4. The Morgan fingerprint density at radius 2 is 1.94 bits per heavy atom. The van der Waals surface area contributed by atoms with Crippen LogP contribution in [0.5, 0.6) is 0 Å². The van der Waals surface area contributed by atoms with Crippen LogP contribution in [-0.4, -0.2) is 30.9 Å². The van der Waals surface area contributed by atoms with Crippen LogP contribution in [0, 0.1) is 6.92 Å². The standard InChI is InChI=1S/C24H21F3N6O/c1-14-19(11-28-30-14)16-9-18-20(21(10-16)24(25,26)27)12-33(23(18)34)17-5-3-4-15(8-17)6-7-22-31-29-13-32(22)2/h3-5,8-11,13H,6-7,12H2,1-2H3,(H,28,30). The SMILES string of the molecule is Cc1[nH]ncc1-c1cc2c(c(C(F)(F)F)c1)CN(c1cccc(CCc3nncn3C)c1)C2=O. The molecule has 1 aliphatic heterocycles. The van der Waals surface area contributed by atoms with Gasteiger partial charge in [-0.25, -0.2) is 0 Å². The van der Waals surface area contributed by atoms with Crippen molar-refractivity contribution < 1.29 is 18.0 Å². The first-order valence-electron chi connectivity index (χ1n) is 10.7. The maximum atomic E-state index is 14.0. The molecule has 7 nitrogen and oxygen atoms in total. The summed E-state index contributed by atoms with van der Waals surface area (Å²) in [5, 5.41) is 14.6. The van der Waals surface area contributed by atoms with Gasteiger partial charge < -0.3 is 9.47 Å². The van der Waals surface area contributed by atoms with E-state index < -0.39 is 17.6 Å². The molecular formula is C24H21F3N6O. The third-order valence-electron chi connectivity index (χ3n) is 6.15. The Labute approximate surface area is 193 Å². The number of alkyl halides is 3. The molecule has 0 fully saturated rings. The van der Waals surface area contributed by atoms with Crippen molar-refractivity contribution in [3.8, 4) is 11.1 Å². The number of aromatic nitrogens is 5. The Kier molecular flexibility index (Phi) is 5.22. The second-order valence-electron chi connectivity index (χ2n) is 8.38. The number of nitrogens with zero attached hydrogens (tertiary/aromatic N) is 5. The highest BCUT2D eigenvalue weighted by Gasteiger charge is 2.40. The van der Waals surface area contributed by atoms with Crippen molar-refractivity contribution in [2.75, 3.05) is 4.90 Å². The summed E-state index contributed by atoms with van der Waals surface area (Å²) in [5.74, 6) is 0.376. The van der Waals surface area contributed by atoms with E-state index in [1.165, 1.54) is 17.2 Å². The Morgan fingerprint density at radius 3 is 2.62 bits per heavy atom. The van der Waals surface area contributed by atoms with E-state index in [0.717, 1.165) is 17.5 Å². The molecule has 0 unspecified atom stereocenters. The third-order valence-corrected chi connectivity index (χ3v) is 6.15. The van der Waals surface area contributed by atoms with Crippen molar-refractivity contribution in [1.29, 1.82) is 0 Å². The average Bonchev–Trinajstić information content (AvgIpc) is 3.50. The molecule has 1 amide bonds. The molecule has 1 N–H and O–H groups in total. The monoisotopic (exact) mass is 466 g/mol. The van der Waals surface area contributed by atoms with E-state index in [2.05, 4.69) is 20.4 Å². The van der Waals surface area contributed by atoms with Crippen LogP contribution in [0.2, 0.25) is 0 Å². The number of H-pyrrole nitrogens is 1. The minimum absolute atomic E-state index is 0.00751. The zero-order chi connectivity index (χ0) is 24.0. The smallest absolute Gasteiger partial charge is 0.321 e. The molecule has 0 aliphatic carbocycles. The highest BCUT2D eigenvalue weighted by atomic mass is 19.4. The van der Waals surface area contributed by atoms with Crippen LogP contribution in [-0.2, 0) is 32.6 Å². The van der Waals surface area contributed by atoms with Crippen LogP contribution < -0.4 is 4.90 Å². The lowest BCUT2D eigenvalue weighted by Gasteiger charge is -2.17. The van der Waals surface area contributed by atoms with Gasteiger partial charge in [0.25, 0.3) is 5.91 Å². The summed E-state index contributed by atoms with van der Waals surface area (Å²) >= 11 is 0. The van der Waals surface area contributed by atoms with Crippen molar-refractivity contribution >= 4 is 11.6 Å². The summed E-state index contributed by atoms with van der Waals surface area (Å²) in [7, 11) is 1.86. The molecule has 5 rings (SSSR count). The molecule has 34 heavy (non-hydrogen) atoms. The van der Waals surface area contributed by atoms with E-state index in [-0.39, 0.29) is 17.7 Å². The summed E-state index contributed by atoms with van der Waals surface area (Å²) in [6, 6.07) is 9.95. The van der Waals surface area contributed by atoms with E-state index in [4.69, 9.17) is 0 Å². The summed E-state index contributed by atoms with van der Waals surface area (Å²) in [6.07, 6.45) is -0.183. The van der Waals surface area contributed by atoms with Gasteiger partial charge in [-0.3, -0.25) is 9.89 Å². The van der Waals surface area contributed by atoms with Crippen LogP contribution in [0.15, 0.2) is 48.9 Å². The predicted molar refractivity (Wildman–Crippen MR) is 119 cm³/mol. The molecule has 0 saturated heterocycles. The molecule has 1 aliphatic rings. The van der Waals surface area contributed by atoms with Gasteiger partial charge >= 0.3 is 6.18 Å². The largest absolute Gasteiger partial charge is 0.416 e. The van der Waals surface area contributed by atoms with E-state index in [1.54, 1.807) is 19.3 Å². The van der Waals surface area contributed by atoms with Gasteiger partial charge in [-0.2, -0.15) is 18.3 Å². The number of nitrogens with one attached hydrogen (secondary N) is 1. The number of rotatable bonds is 5. The molecule has 0 atom stereocenters. The van der Waals surface area contributed by atoms with Gasteiger partial charge in [0.2, 0.25) is 0 Å². The fraction of sp³-hybridized carbons (Fsp3) is 0.250. The van der Waals surface area contributed by atoms with E-state index >= 15 is 0 Å². The van der Waals surface area contributed by atoms with Gasteiger partial charge in [0.15, 0.2) is 0 Å². The second kappa shape index (κ2) is 8.12. The summed E-state index contributed by atoms with van der Waals surface area (Å²) in [6.45, 7) is 1.59. The Hall–Kier alpha value is -3.95. The summed E-state index contributed by atoms with van der Waals surface area (Å²) in [5.41, 5.74) is 2.25. The maximum Gasteiger partial charge on any atom is 0.416 e. The normalized spacial score (nSPS) is 13.6. The lowest BCUT2D eigenvalue weighted by Crippen LogP contribution is -2.23. The van der Waals surface area contributed by atoms with Crippen LogP contribution >= 0.6 is 0 Å². The topological polar surface area (TPSA) is 79.7 Å². The molecular weight excluding hydrogens is 445 g/mol. The Balaban J connectivity index is 1.48. The first kappa shape index (κ1) is 21.9. The Bertz CT molecular complexity index is 1390. The van der Waals surface area contributed by atoms with Crippen molar-refractivity contribution in [3.63, 3.8) is 0 Å². The van der Waals surface area contributed by atoms with Gasteiger partial charge in [-0.15, -0.1) is 10.2 Å². The fourth-order valence-electron chi connectivity index (χ4n) is 4.34. The molecule has 3 heterocycles. The molecule has 0 radical (unpaired) electrons. The number of benzene rings is 2. The minimum atomic E-state index is -4.59. The zero-order valence-electron chi connectivity index (χ0n) is 18.5. The lowest BCUT2D eigenvalue weighted by molar-refractivity contribution is -0.138. The number of hydrogen-bond donors (Lipinski definition) is 1. The Morgan fingerprint density at radius 1 is 1.12 bits per heavy atom. The van der Waals surface area contributed by atoms with E-state index in [9.17, 15) is 18.0 Å². The average molecular weight is 466 g/mol. The zero-order valence-corrected chi connectivity index (χ0v) is 18.5. The molecule has 0 spiro atoms. The first-order valence-corrected chi connectivity index (χ1v) is 10.7. The van der Waals surface area contributed by atoms with Crippen molar-refractivity contribution in [1.82, 2.24) is 25.0 Å². The van der Waals surface area contributed by atoms with Crippen molar-refractivity contribution in [2.24, 2.45) is 7.05 Å². The van der Waals surface area contributed by atoms with Crippen molar-refractivity contribution in [2.45, 2.75) is 32.5 Å². The number of carbonyl (C=O) groups excluding carboxylic acids is 1. The predicted octanol–water partition coefficient (Wildman–Crippen LogP) is 4.48. The molecule has 0 saturated carbocycles. The number of aromatic amines is 1. The summed E-state index contributed by atoms with van der Waals surface area (Å²) in [4.78, 5) is 14.7. The molecule has 10 heteroatoms. The highest BCUT2D eigenvalue weighted by Crippen LogP contribution is 2.41. The first-order chi connectivity index (χ1) is 16.2. The summed E-state index contributed by atoms with van der Waals surface area (Å²) < 4.78 is 43.8. The number of fused-ring (bicyclic) bond motifs is 1. The van der Waals surface area contributed by atoms with Gasteiger partial charge in [-0.1, -0.05) is 12.1 Å². The second-order valence-corrected chi connectivity index (χ2v) is 8.38. The number of amides is 1. The minimum Gasteiger partial charge on any atom is -0.321 e. The third kappa shape index (κ3) is 3.85. The molecule has 2 aromatic carbocycles. The van der Waals surface area contributed by atoms with Gasteiger partial charge in [0, 0.05) is 36.0 Å². The maximum absolute atomic E-state index is 14.0. The number of hydrogen-bond acceptors (Lipinski definition) is 4. The van der Waals surface area contributed by atoms with Crippen molar-refractivity contribution in [3.05, 3.63) is 82.7 Å². The van der Waals surface area contributed by atoms with Gasteiger partial charge in [0.05, 0.1) is 18.3 Å². The molecule has 4 aromatic rings. The van der Waals surface area contributed by atoms with Crippen LogP contribution in [0.3, 0.4) is 0 Å². The van der Waals surface area contributed by atoms with E-state index in [1.807, 2.05) is 29.8 Å². The molecule has 174 valence electrons. The van der Waals surface area contributed by atoms with Crippen LogP contribution in [0.25, 0.3) is 11.1 Å². The quantitative estimate of drug-likeness (QED) is 0.471. The van der Waals surface area contributed by atoms with Gasteiger partial charge in [0.1, 0.15) is 12.2 Å². The lowest BCUT2D eigenvalue weighted by atomic mass is 9.95. The molecule has 2 aromatic heterocycles. The number of anilines is 1. The highest BCUT2D eigenvalue weighted by molar-refractivity contribution is 6.11. The number of carbonyl (C=O) groups is 1. The number of halogens is 3. The fourth-order valence-corrected chi connectivity index (χ4v) is 4.34. The van der Waals surface area contributed by atoms with Gasteiger partial charge in [-0.05, 0) is 54.3 Å². The van der Waals surface area contributed by atoms with Crippen LogP contribution in [0.4, 0.5) is 18.9 Å². The van der Waals surface area contributed by atoms with E-state index in [0.29, 0.717) is 35.3 Å². The van der Waals surface area contributed by atoms with Crippen LogP contribution in [0.1, 0.15) is 38.6 Å².